The summed E-state index contributed by atoms with van der Waals surface area (Å²) in [5, 5.41) is 3.40. The number of rotatable bonds is 6. The molecule has 1 aromatic rings. The molecule has 0 radical (unpaired) electrons. The van der Waals surface area contributed by atoms with Gasteiger partial charge in [0.05, 0.1) is 12.5 Å². The zero-order valence-electron chi connectivity index (χ0n) is 12.8. The van der Waals surface area contributed by atoms with Crippen molar-refractivity contribution in [1.82, 2.24) is 4.90 Å². The first-order chi connectivity index (χ1) is 10.5. The maximum absolute atomic E-state index is 12.4. The number of carbonyl (C=O) groups is 2. The second kappa shape index (κ2) is 7.49. The number of urea groups is 1. The van der Waals surface area contributed by atoms with Crippen LogP contribution in [-0.2, 0) is 9.53 Å². The van der Waals surface area contributed by atoms with Gasteiger partial charge in [0.1, 0.15) is 0 Å². The Kier molecular flexibility index (Phi) is 5.66. The lowest BCUT2D eigenvalue weighted by Crippen LogP contribution is -2.41. The van der Waals surface area contributed by atoms with Crippen LogP contribution in [0.5, 0.6) is 0 Å². The molecule has 2 rings (SSSR count). The summed E-state index contributed by atoms with van der Waals surface area (Å²) in [5.74, 6) is -0.616. The number of nitrogens with zero attached hydrogens (tertiary/aromatic N) is 1. The fourth-order valence-corrected chi connectivity index (χ4v) is 2.39. The van der Waals surface area contributed by atoms with E-state index in [0.29, 0.717) is 23.9 Å². The zero-order valence-corrected chi connectivity index (χ0v) is 13.6. The van der Waals surface area contributed by atoms with Crippen LogP contribution in [0.3, 0.4) is 0 Å². The van der Waals surface area contributed by atoms with Crippen molar-refractivity contribution in [3.63, 3.8) is 0 Å². The van der Waals surface area contributed by atoms with Gasteiger partial charge in [0, 0.05) is 23.3 Å². The van der Waals surface area contributed by atoms with Crippen LogP contribution in [0, 0.1) is 5.92 Å². The first-order valence-electron chi connectivity index (χ1n) is 7.51. The molecular formula is C16H21ClN2O3. The summed E-state index contributed by atoms with van der Waals surface area (Å²) in [7, 11) is 0. The third-order valence-corrected chi connectivity index (χ3v) is 3.72. The minimum Gasteiger partial charge on any atom is -0.466 e. The first-order valence-corrected chi connectivity index (χ1v) is 7.89. The van der Waals surface area contributed by atoms with Gasteiger partial charge in [0.2, 0.25) is 0 Å². The second-order valence-electron chi connectivity index (χ2n) is 5.48. The van der Waals surface area contributed by atoms with Crippen molar-refractivity contribution in [2.75, 3.05) is 18.5 Å². The van der Waals surface area contributed by atoms with Crippen molar-refractivity contribution >= 4 is 29.3 Å². The molecule has 1 saturated carbocycles. The van der Waals surface area contributed by atoms with Crippen LogP contribution in [0.1, 0.15) is 26.7 Å². The van der Waals surface area contributed by atoms with E-state index >= 15 is 0 Å². The molecule has 1 aliphatic carbocycles. The molecule has 0 aromatic heterocycles. The highest BCUT2D eigenvalue weighted by molar-refractivity contribution is 6.30. The molecule has 6 heteroatoms. The largest absolute Gasteiger partial charge is 0.466 e. The fraction of sp³-hybridized carbons (Fsp3) is 0.500. The van der Waals surface area contributed by atoms with Crippen molar-refractivity contribution < 1.29 is 14.3 Å². The van der Waals surface area contributed by atoms with Gasteiger partial charge < -0.3 is 15.0 Å². The maximum atomic E-state index is 12.4. The van der Waals surface area contributed by atoms with Gasteiger partial charge in [-0.2, -0.15) is 0 Å². The summed E-state index contributed by atoms with van der Waals surface area (Å²) in [4.78, 5) is 25.9. The van der Waals surface area contributed by atoms with E-state index in [9.17, 15) is 9.59 Å². The van der Waals surface area contributed by atoms with Crippen LogP contribution in [0.4, 0.5) is 10.5 Å². The molecule has 0 saturated heterocycles. The van der Waals surface area contributed by atoms with Gasteiger partial charge in [-0.1, -0.05) is 24.6 Å². The van der Waals surface area contributed by atoms with E-state index < -0.39 is 0 Å². The molecule has 1 aromatic carbocycles. The van der Waals surface area contributed by atoms with Gasteiger partial charge in [-0.05, 0) is 38.0 Å². The van der Waals surface area contributed by atoms with Crippen molar-refractivity contribution in [2.24, 2.45) is 5.92 Å². The molecule has 1 aliphatic rings. The maximum Gasteiger partial charge on any atom is 0.322 e. The lowest BCUT2D eigenvalue weighted by molar-refractivity contribution is -0.147. The number of benzene rings is 1. The van der Waals surface area contributed by atoms with Crippen LogP contribution < -0.4 is 5.32 Å². The molecule has 0 aliphatic heterocycles. The van der Waals surface area contributed by atoms with Crippen LogP contribution in [0.15, 0.2) is 24.3 Å². The Labute approximate surface area is 135 Å². The minimum atomic E-state index is -0.342. The number of amides is 2. The molecule has 0 spiro atoms. The van der Waals surface area contributed by atoms with E-state index in [4.69, 9.17) is 16.3 Å². The molecule has 0 heterocycles. The molecule has 2 amide bonds. The Morgan fingerprint density at radius 3 is 2.77 bits per heavy atom. The normalized spacial score (nSPS) is 15.0. The average Bonchev–Trinajstić information content (AvgIpc) is 3.29. The third-order valence-electron chi connectivity index (χ3n) is 3.48. The molecule has 1 N–H and O–H groups in total. The smallest absolute Gasteiger partial charge is 0.322 e. The summed E-state index contributed by atoms with van der Waals surface area (Å²) in [6, 6.07) is 7.00. The molecule has 5 nitrogen and oxygen atoms in total. The molecule has 120 valence electrons. The number of ether oxygens (including phenoxy) is 1. The van der Waals surface area contributed by atoms with Gasteiger partial charge in [0.15, 0.2) is 0 Å². The van der Waals surface area contributed by atoms with E-state index in [1.165, 1.54) is 0 Å². The van der Waals surface area contributed by atoms with Crippen LogP contribution in [0.2, 0.25) is 5.02 Å². The van der Waals surface area contributed by atoms with Gasteiger partial charge in [-0.15, -0.1) is 0 Å². The summed E-state index contributed by atoms with van der Waals surface area (Å²) in [5.41, 5.74) is 0.645. The van der Waals surface area contributed by atoms with E-state index in [2.05, 4.69) is 5.32 Å². The first kappa shape index (κ1) is 16.6. The molecular weight excluding hydrogens is 304 g/mol. The highest BCUT2D eigenvalue weighted by atomic mass is 35.5. The van der Waals surface area contributed by atoms with Crippen molar-refractivity contribution in [1.29, 1.82) is 0 Å². The number of hydrogen-bond acceptors (Lipinski definition) is 3. The van der Waals surface area contributed by atoms with Gasteiger partial charge in [0.25, 0.3) is 0 Å². The highest BCUT2D eigenvalue weighted by Gasteiger charge is 2.34. The molecule has 0 bridgehead atoms. The van der Waals surface area contributed by atoms with E-state index in [1.54, 1.807) is 43.0 Å². The van der Waals surface area contributed by atoms with Crippen molar-refractivity contribution in [3.05, 3.63) is 29.3 Å². The fourth-order valence-electron chi connectivity index (χ4n) is 2.20. The number of anilines is 1. The van der Waals surface area contributed by atoms with Gasteiger partial charge >= 0.3 is 12.0 Å². The van der Waals surface area contributed by atoms with E-state index in [1.807, 2.05) is 0 Å². The van der Waals surface area contributed by atoms with Crippen LogP contribution in [-0.4, -0.2) is 36.1 Å². The standard InChI is InChI=1S/C16H21ClN2O3/c1-3-22-15(20)11(2)10-19(14-7-8-14)16(21)18-13-6-4-5-12(17)9-13/h4-6,9,11,14H,3,7-8,10H2,1-2H3,(H,18,21). The number of nitrogens with one attached hydrogen (secondary N) is 1. The Morgan fingerprint density at radius 2 is 2.18 bits per heavy atom. The average molecular weight is 325 g/mol. The summed E-state index contributed by atoms with van der Waals surface area (Å²) in [6.45, 7) is 4.26. The highest BCUT2D eigenvalue weighted by Crippen LogP contribution is 2.28. The third kappa shape index (κ3) is 4.63. The van der Waals surface area contributed by atoms with Gasteiger partial charge in [-0.3, -0.25) is 4.79 Å². The van der Waals surface area contributed by atoms with E-state index in [0.717, 1.165) is 12.8 Å². The molecule has 22 heavy (non-hydrogen) atoms. The Balaban J connectivity index is 1.98. The SMILES string of the molecule is CCOC(=O)C(C)CN(C(=O)Nc1cccc(Cl)c1)C1CC1. The Bertz CT molecular complexity index is 546. The van der Waals surface area contributed by atoms with Crippen LogP contribution in [0.25, 0.3) is 0 Å². The van der Waals surface area contributed by atoms with E-state index in [-0.39, 0.29) is 24.0 Å². The summed E-state index contributed by atoms with van der Waals surface area (Å²) in [6.07, 6.45) is 1.94. The lowest BCUT2D eigenvalue weighted by Gasteiger charge is -2.25. The number of esters is 1. The predicted molar refractivity (Wildman–Crippen MR) is 86.0 cm³/mol. The lowest BCUT2D eigenvalue weighted by atomic mass is 10.1. The number of hydrogen-bond donors (Lipinski definition) is 1. The zero-order chi connectivity index (χ0) is 16.1. The Morgan fingerprint density at radius 1 is 1.45 bits per heavy atom. The molecule has 1 fully saturated rings. The van der Waals surface area contributed by atoms with Gasteiger partial charge in [-0.25, -0.2) is 4.79 Å². The number of halogens is 1. The molecule has 1 unspecified atom stereocenters. The summed E-state index contributed by atoms with van der Waals surface area (Å²) >= 11 is 5.92. The second-order valence-corrected chi connectivity index (χ2v) is 5.91. The van der Waals surface area contributed by atoms with Crippen LogP contribution >= 0.6 is 11.6 Å². The Hall–Kier alpha value is -1.75. The topological polar surface area (TPSA) is 58.6 Å². The van der Waals surface area contributed by atoms with Crippen molar-refractivity contribution in [2.45, 2.75) is 32.7 Å². The molecule has 1 atom stereocenters. The monoisotopic (exact) mass is 324 g/mol. The van der Waals surface area contributed by atoms with Crippen molar-refractivity contribution in [3.8, 4) is 0 Å². The number of carbonyl (C=O) groups excluding carboxylic acids is 2. The summed E-state index contributed by atoms with van der Waals surface area (Å²) < 4.78 is 5.00. The minimum absolute atomic E-state index is 0.205. The quantitative estimate of drug-likeness (QED) is 0.814. The predicted octanol–water partition coefficient (Wildman–Crippen LogP) is 3.54.